The van der Waals surface area contributed by atoms with Crippen LogP contribution in [-0.2, 0) is 0 Å². The number of aromatic amines is 1. The number of aromatic nitrogens is 2. The molecule has 0 spiro atoms. The van der Waals surface area contributed by atoms with Gasteiger partial charge in [0.2, 0.25) is 0 Å². The van der Waals surface area contributed by atoms with Gasteiger partial charge in [0.05, 0.1) is 13.2 Å². The molecule has 1 aromatic heterocycles. The van der Waals surface area contributed by atoms with Crippen LogP contribution in [0.3, 0.4) is 0 Å². The minimum atomic E-state index is -0.0653. The summed E-state index contributed by atoms with van der Waals surface area (Å²) in [4.78, 5) is 14.4. The van der Waals surface area contributed by atoms with E-state index in [9.17, 15) is 4.79 Å². The summed E-state index contributed by atoms with van der Waals surface area (Å²) in [5, 5.41) is 6.51. The zero-order valence-electron chi connectivity index (χ0n) is 11.9. The van der Waals surface area contributed by atoms with E-state index in [-0.39, 0.29) is 11.9 Å². The van der Waals surface area contributed by atoms with Gasteiger partial charge < -0.3 is 15.4 Å². The van der Waals surface area contributed by atoms with Crippen LogP contribution in [0.4, 0.5) is 5.82 Å². The molecule has 1 aliphatic rings. The van der Waals surface area contributed by atoms with Gasteiger partial charge in [-0.15, -0.1) is 0 Å². The van der Waals surface area contributed by atoms with Crippen LogP contribution in [0.25, 0.3) is 0 Å². The van der Waals surface area contributed by atoms with E-state index in [1.807, 2.05) is 29.2 Å². The maximum Gasteiger partial charge on any atom is 0.272 e. The van der Waals surface area contributed by atoms with Crippen molar-refractivity contribution in [1.29, 1.82) is 0 Å². The number of ether oxygens (including phenoxy) is 1. The van der Waals surface area contributed by atoms with Gasteiger partial charge in [-0.05, 0) is 30.5 Å². The molecule has 0 radical (unpaired) electrons. The molecule has 0 bridgehead atoms. The number of carbonyl (C=O) groups is 1. The van der Waals surface area contributed by atoms with E-state index in [2.05, 4.69) is 10.2 Å². The van der Waals surface area contributed by atoms with Gasteiger partial charge in [-0.3, -0.25) is 9.89 Å². The second-order valence-electron chi connectivity index (χ2n) is 5.14. The summed E-state index contributed by atoms with van der Waals surface area (Å²) in [7, 11) is 1.64. The molecule has 21 heavy (non-hydrogen) atoms. The van der Waals surface area contributed by atoms with E-state index < -0.39 is 0 Å². The minimum Gasteiger partial charge on any atom is -0.497 e. The number of hydrogen-bond donors (Lipinski definition) is 2. The summed E-state index contributed by atoms with van der Waals surface area (Å²) >= 11 is 0. The maximum absolute atomic E-state index is 12.6. The molecule has 1 aromatic carbocycles. The summed E-state index contributed by atoms with van der Waals surface area (Å²) in [5.41, 5.74) is 7.09. The first-order chi connectivity index (χ1) is 10.2. The molecule has 1 atom stereocenters. The lowest BCUT2D eigenvalue weighted by Gasteiger charge is -2.24. The monoisotopic (exact) mass is 286 g/mol. The Balaban J connectivity index is 1.86. The van der Waals surface area contributed by atoms with Crippen molar-refractivity contribution in [3.05, 3.63) is 41.6 Å². The molecular formula is C15H18N4O2. The summed E-state index contributed by atoms with van der Waals surface area (Å²) in [6, 6.07) is 9.50. The summed E-state index contributed by atoms with van der Waals surface area (Å²) in [5.74, 6) is 1.07. The average molecular weight is 286 g/mol. The molecule has 1 aliphatic heterocycles. The highest BCUT2D eigenvalue weighted by molar-refractivity contribution is 5.93. The van der Waals surface area contributed by atoms with Crippen LogP contribution in [0.5, 0.6) is 5.75 Å². The molecule has 3 N–H and O–H groups in total. The van der Waals surface area contributed by atoms with Gasteiger partial charge in [0.1, 0.15) is 17.3 Å². The number of amides is 1. The maximum atomic E-state index is 12.6. The van der Waals surface area contributed by atoms with Crippen LogP contribution in [0.15, 0.2) is 30.3 Å². The fourth-order valence-corrected chi connectivity index (χ4v) is 2.81. The second-order valence-corrected chi connectivity index (χ2v) is 5.14. The van der Waals surface area contributed by atoms with Crippen LogP contribution >= 0.6 is 0 Å². The average Bonchev–Trinajstić information content (AvgIpc) is 3.15. The lowest BCUT2D eigenvalue weighted by atomic mass is 10.0. The van der Waals surface area contributed by atoms with Gasteiger partial charge in [-0.2, -0.15) is 5.10 Å². The number of hydrogen-bond acceptors (Lipinski definition) is 4. The first kappa shape index (κ1) is 13.5. The molecule has 2 aromatic rings. The largest absolute Gasteiger partial charge is 0.497 e. The second kappa shape index (κ2) is 5.47. The van der Waals surface area contributed by atoms with Crippen LogP contribution in [-0.4, -0.2) is 34.7 Å². The van der Waals surface area contributed by atoms with Crippen LogP contribution in [0.1, 0.15) is 34.9 Å². The van der Waals surface area contributed by atoms with Crippen molar-refractivity contribution in [3.8, 4) is 5.75 Å². The Morgan fingerprint density at radius 2 is 2.33 bits per heavy atom. The molecule has 0 aliphatic carbocycles. The zero-order valence-corrected chi connectivity index (χ0v) is 11.9. The number of carbonyl (C=O) groups excluding carboxylic acids is 1. The molecule has 1 saturated heterocycles. The third kappa shape index (κ3) is 2.56. The number of nitrogens with two attached hydrogens (primary N) is 1. The zero-order chi connectivity index (χ0) is 14.8. The van der Waals surface area contributed by atoms with Crippen molar-refractivity contribution < 1.29 is 9.53 Å². The van der Waals surface area contributed by atoms with E-state index in [4.69, 9.17) is 10.5 Å². The highest BCUT2D eigenvalue weighted by Gasteiger charge is 2.31. The SMILES string of the molecule is COc1cccc(C2CCCN2C(=O)c2cc(N)n[nH]2)c1. The molecular weight excluding hydrogens is 268 g/mol. The lowest BCUT2D eigenvalue weighted by Crippen LogP contribution is -2.30. The van der Waals surface area contributed by atoms with Crippen LogP contribution in [0.2, 0.25) is 0 Å². The Bertz CT molecular complexity index is 653. The van der Waals surface area contributed by atoms with Crippen LogP contribution < -0.4 is 10.5 Å². The number of rotatable bonds is 3. The molecule has 1 fully saturated rings. The number of likely N-dealkylation sites (tertiary alicyclic amines) is 1. The first-order valence-electron chi connectivity index (χ1n) is 6.95. The molecule has 110 valence electrons. The third-order valence-electron chi connectivity index (χ3n) is 3.82. The Hall–Kier alpha value is -2.50. The van der Waals surface area contributed by atoms with Gasteiger partial charge in [0.25, 0.3) is 5.91 Å². The van der Waals surface area contributed by atoms with E-state index in [1.54, 1.807) is 13.2 Å². The fourth-order valence-electron chi connectivity index (χ4n) is 2.81. The van der Waals surface area contributed by atoms with E-state index in [1.165, 1.54) is 0 Å². The standard InChI is InChI=1S/C15H18N4O2/c1-21-11-5-2-4-10(8-11)13-6-3-7-19(13)15(20)12-9-14(16)18-17-12/h2,4-5,8-9,13H,3,6-7H2,1H3,(H3,16,17,18). The molecule has 3 rings (SSSR count). The smallest absolute Gasteiger partial charge is 0.272 e. The van der Waals surface area contributed by atoms with E-state index >= 15 is 0 Å². The van der Waals surface area contributed by atoms with E-state index in [0.29, 0.717) is 11.5 Å². The predicted molar refractivity (Wildman–Crippen MR) is 79.0 cm³/mol. The quantitative estimate of drug-likeness (QED) is 0.903. The highest BCUT2D eigenvalue weighted by Crippen LogP contribution is 2.34. The topological polar surface area (TPSA) is 84.2 Å². The van der Waals surface area contributed by atoms with Gasteiger partial charge in [-0.1, -0.05) is 12.1 Å². The van der Waals surface area contributed by atoms with Crippen LogP contribution in [0, 0.1) is 0 Å². The first-order valence-corrected chi connectivity index (χ1v) is 6.95. The molecule has 6 nitrogen and oxygen atoms in total. The number of methoxy groups -OCH3 is 1. The van der Waals surface area contributed by atoms with Gasteiger partial charge in [-0.25, -0.2) is 0 Å². The lowest BCUT2D eigenvalue weighted by molar-refractivity contribution is 0.0729. The Labute approximate surface area is 122 Å². The molecule has 2 heterocycles. The molecule has 1 amide bonds. The molecule has 1 unspecified atom stereocenters. The van der Waals surface area contributed by atoms with Gasteiger partial charge >= 0.3 is 0 Å². The van der Waals surface area contributed by atoms with Crippen molar-refractivity contribution in [2.45, 2.75) is 18.9 Å². The number of benzene rings is 1. The number of nitrogens with zero attached hydrogens (tertiary/aromatic N) is 2. The minimum absolute atomic E-state index is 0.0653. The number of anilines is 1. The van der Waals surface area contributed by atoms with Crippen molar-refractivity contribution in [2.75, 3.05) is 19.4 Å². The molecule has 0 saturated carbocycles. The summed E-state index contributed by atoms with van der Waals surface area (Å²) in [6.45, 7) is 0.736. The van der Waals surface area contributed by atoms with E-state index in [0.717, 1.165) is 30.7 Å². The third-order valence-corrected chi connectivity index (χ3v) is 3.82. The Morgan fingerprint density at radius 3 is 3.05 bits per heavy atom. The van der Waals surface area contributed by atoms with Crippen molar-refractivity contribution in [1.82, 2.24) is 15.1 Å². The number of nitrogens with one attached hydrogen (secondary N) is 1. The van der Waals surface area contributed by atoms with Crippen molar-refractivity contribution in [2.24, 2.45) is 0 Å². The molecule has 6 heteroatoms. The van der Waals surface area contributed by atoms with Gasteiger partial charge in [0.15, 0.2) is 0 Å². The highest BCUT2D eigenvalue weighted by atomic mass is 16.5. The van der Waals surface area contributed by atoms with Gasteiger partial charge in [0, 0.05) is 12.6 Å². The summed E-state index contributed by atoms with van der Waals surface area (Å²) in [6.07, 6.45) is 1.93. The fraction of sp³-hybridized carbons (Fsp3) is 0.333. The van der Waals surface area contributed by atoms with Crippen molar-refractivity contribution >= 4 is 11.7 Å². The number of H-pyrrole nitrogens is 1. The normalized spacial score (nSPS) is 18.0. The van der Waals surface area contributed by atoms with Crippen molar-refractivity contribution in [3.63, 3.8) is 0 Å². The predicted octanol–water partition coefficient (Wildman–Crippen LogP) is 1.98. The number of nitrogen functional groups attached to an aromatic ring is 1. The summed E-state index contributed by atoms with van der Waals surface area (Å²) < 4.78 is 5.26. The Morgan fingerprint density at radius 1 is 1.48 bits per heavy atom. The Kier molecular flexibility index (Phi) is 3.51.